The number of rotatable bonds is 10. The number of aryl methyl sites for hydroxylation is 2. The van der Waals surface area contributed by atoms with Gasteiger partial charge in [-0.25, -0.2) is 19.9 Å². The van der Waals surface area contributed by atoms with E-state index in [4.69, 9.17) is 35.5 Å². The Balaban J connectivity index is 0.903. The topological polar surface area (TPSA) is 89.1 Å². The van der Waals surface area contributed by atoms with Crippen LogP contribution in [0.2, 0.25) is 0 Å². The summed E-state index contributed by atoms with van der Waals surface area (Å²) in [5, 5.41) is 4.49. The molecule has 0 saturated carbocycles. The van der Waals surface area contributed by atoms with Crippen molar-refractivity contribution in [3.05, 3.63) is 187 Å². The third kappa shape index (κ3) is 6.95. The number of benzene rings is 6. The van der Waals surface area contributed by atoms with E-state index in [1.807, 2.05) is 116 Å². The van der Waals surface area contributed by atoms with Crippen molar-refractivity contribution in [2.24, 2.45) is 0 Å². The second-order valence-electron chi connectivity index (χ2n) is 15.5. The summed E-state index contributed by atoms with van der Waals surface area (Å²) in [4.78, 5) is 19.1. The molecule has 0 aliphatic heterocycles. The SMILES string of the molecule is [2H]c1nc(-c2cccc(Oc3ccc4c5ccccc5n(-c5cc(C)ccn5)c4c3)c2)c(OCC)nc1-c1cccc(Oc2ccc3c4ccccc4n(-c4cc(C)ccn4)c3c2)c1. The van der Waals surface area contributed by atoms with Gasteiger partial charge in [0.25, 0.3) is 0 Å². The standard InChI is InChI=1S/C54H40N6O3/c1-4-61-54-53(37-12-10-14-39(30-37)63-41-20-22-45-43-16-6-8-18-48(43)60(50(45)32-41)52-28-35(3)24-26-56-52)57-33-46(58-54)36-11-9-13-38(29-36)62-40-19-21-44-42-15-5-7-17-47(42)59(49(44)31-40)51-27-34(2)23-25-55-51/h5-33H,4H2,1-3H3/i33D. The largest absolute Gasteiger partial charge is 0.476 e. The molecule has 0 radical (unpaired) electrons. The molecule has 9 nitrogen and oxygen atoms in total. The van der Waals surface area contributed by atoms with Crippen LogP contribution >= 0.6 is 0 Å². The molecule has 0 N–H and O–H groups in total. The van der Waals surface area contributed by atoms with Crippen molar-refractivity contribution in [3.63, 3.8) is 0 Å². The van der Waals surface area contributed by atoms with Crippen molar-refractivity contribution < 1.29 is 15.6 Å². The molecule has 0 atom stereocenters. The molecule has 63 heavy (non-hydrogen) atoms. The first-order chi connectivity index (χ1) is 31.4. The number of pyridine rings is 2. The van der Waals surface area contributed by atoms with Gasteiger partial charge in [0.2, 0.25) is 5.88 Å². The average Bonchev–Trinajstić information content (AvgIpc) is 3.82. The molecule has 0 spiro atoms. The zero-order chi connectivity index (χ0) is 43.3. The summed E-state index contributed by atoms with van der Waals surface area (Å²) >= 11 is 0. The van der Waals surface area contributed by atoms with Crippen LogP contribution in [0.15, 0.2) is 176 Å². The van der Waals surface area contributed by atoms with E-state index in [9.17, 15) is 0 Å². The molecule has 5 heterocycles. The summed E-state index contributed by atoms with van der Waals surface area (Å²) in [5.74, 6) is 4.53. The Hall–Kier alpha value is -8.30. The lowest BCUT2D eigenvalue weighted by molar-refractivity contribution is 0.327. The summed E-state index contributed by atoms with van der Waals surface area (Å²) in [7, 11) is 0. The van der Waals surface area contributed by atoms with Gasteiger partial charge in [-0.3, -0.25) is 9.13 Å². The first-order valence-electron chi connectivity index (χ1n) is 21.4. The van der Waals surface area contributed by atoms with E-state index in [-0.39, 0.29) is 6.17 Å². The maximum Gasteiger partial charge on any atom is 0.241 e. The number of ether oxygens (including phenoxy) is 3. The average molecular weight is 822 g/mol. The minimum Gasteiger partial charge on any atom is -0.476 e. The summed E-state index contributed by atoms with van der Waals surface area (Å²) in [6.45, 7) is 6.40. The fourth-order valence-electron chi connectivity index (χ4n) is 8.38. The number of hydrogen-bond acceptors (Lipinski definition) is 7. The van der Waals surface area contributed by atoms with Gasteiger partial charge < -0.3 is 14.2 Å². The number of fused-ring (bicyclic) bond motifs is 6. The van der Waals surface area contributed by atoms with E-state index in [1.54, 1.807) is 0 Å². The van der Waals surface area contributed by atoms with Gasteiger partial charge in [0, 0.05) is 57.2 Å². The summed E-state index contributed by atoms with van der Waals surface area (Å²) in [6, 6.07) is 52.3. The minimum atomic E-state index is 0.00144. The van der Waals surface area contributed by atoms with Gasteiger partial charge >= 0.3 is 0 Å². The Labute approximate surface area is 364 Å². The first-order valence-corrected chi connectivity index (χ1v) is 20.9. The summed E-state index contributed by atoms with van der Waals surface area (Å²) < 4.78 is 32.6. The molecule has 0 aliphatic rings. The molecular weight excluding hydrogens is 781 g/mol. The van der Waals surface area contributed by atoms with Gasteiger partial charge in [0.05, 0.1) is 41.9 Å². The van der Waals surface area contributed by atoms with E-state index >= 15 is 0 Å². The molecular formula is C54H40N6O3. The monoisotopic (exact) mass is 821 g/mol. The van der Waals surface area contributed by atoms with Gasteiger partial charge in [-0.15, -0.1) is 0 Å². The predicted octanol–water partition coefficient (Wildman–Crippen LogP) is 13.4. The molecule has 304 valence electrons. The van der Waals surface area contributed by atoms with Crippen LogP contribution in [-0.2, 0) is 0 Å². The van der Waals surface area contributed by atoms with Gasteiger partial charge in [-0.05, 0) is 117 Å². The Morgan fingerprint density at radius 2 is 1.00 bits per heavy atom. The van der Waals surface area contributed by atoms with Crippen LogP contribution in [0.25, 0.3) is 77.8 Å². The highest BCUT2D eigenvalue weighted by Crippen LogP contribution is 2.39. The van der Waals surface area contributed by atoms with Crippen LogP contribution in [0.1, 0.15) is 19.4 Å². The van der Waals surface area contributed by atoms with E-state index in [2.05, 4.69) is 83.6 Å². The highest BCUT2D eigenvalue weighted by atomic mass is 16.5. The van der Waals surface area contributed by atoms with Crippen LogP contribution in [0.5, 0.6) is 28.9 Å². The lowest BCUT2D eigenvalue weighted by Gasteiger charge is -2.13. The molecule has 6 aromatic carbocycles. The molecule has 11 rings (SSSR count). The molecule has 0 fully saturated rings. The minimum absolute atomic E-state index is 0.00144. The normalized spacial score (nSPS) is 11.7. The quantitative estimate of drug-likeness (QED) is 0.136. The molecule has 5 aromatic heterocycles. The maximum absolute atomic E-state index is 9.13. The molecule has 0 unspecified atom stereocenters. The predicted molar refractivity (Wildman–Crippen MR) is 251 cm³/mol. The van der Waals surface area contributed by atoms with Crippen molar-refractivity contribution in [2.45, 2.75) is 20.8 Å². The Morgan fingerprint density at radius 1 is 0.492 bits per heavy atom. The first kappa shape index (κ1) is 36.5. The van der Waals surface area contributed by atoms with Crippen LogP contribution in [0, 0.1) is 13.8 Å². The molecule has 0 aliphatic carbocycles. The zero-order valence-corrected chi connectivity index (χ0v) is 34.8. The maximum atomic E-state index is 9.13. The Morgan fingerprint density at radius 3 is 1.56 bits per heavy atom. The third-order valence-electron chi connectivity index (χ3n) is 11.2. The van der Waals surface area contributed by atoms with Crippen LogP contribution in [0.3, 0.4) is 0 Å². The van der Waals surface area contributed by atoms with Crippen molar-refractivity contribution in [2.75, 3.05) is 6.61 Å². The van der Waals surface area contributed by atoms with Gasteiger partial charge in [-0.2, -0.15) is 0 Å². The zero-order valence-electron chi connectivity index (χ0n) is 35.8. The van der Waals surface area contributed by atoms with E-state index in [1.165, 1.54) is 0 Å². The second kappa shape index (κ2) is 15.6. The number of aromatic nitrogens is 6. The van der Waals surface area contributed by atoms with E-state index in [0.717, 1.165) is 66.4 Å². The number of hydrogen-bond donors (Lipinski definition) is 0. The van der Waals surface area contributed by atoms with Crippen LogP contribution in [-0.4, -0.2) is 35.7 Å². The van der Waals surface area contributed by atoms with Gasteiger partial charge in [-0.1, -0.05) is 60.7 Å². The van der Waals surface area contributed by atoms with Crippen LogP contribution < -0.4 is 14.2 Å². The fourth-order valence-corrected chi connectivity index (χ4v) is 8.38. The van der Waals surface area contributed by atoms with Crippen molar-refractivity contribution in [1.82, 2.24) is 29.1 Å². The molecule has 9 heteroatoms. The highest BCUT2D eigenvalue weighted by molar-refractivity contribution is 6.10. The second-order valence-corrected chi connectivity index (χ2v) is 15.5. The van der Waals surface area contributed by atoms with E-state index in [0.29, 0.717) is 58.0 Å². The molecule has 11 aromatic rings. The lowest BCUT2D eigenvalue weighted by Crippen LogP contribution is -2.01. The fraction of sp³-hybridized carbons (Fsp3) is 0.0741. The molecule has 0 amide bonds. The van der Waals surface area contributed by atoms with Gasteiger partial charge in [0.15, 0.2) is 0 Å². The molecule has 0 saturated heterocycles. The van der Waals surface area contributed by atoms with Crippen LogP contribution in [0.4, 0.5) is 0 Å². The summed E-state index contributed by atoms with van der Waals surface area (Å²) in [5.41, 5.74) is 8.56. The smallest absolute Gasteiger partial charge is 0.241 e. The van der Waals surface area contributed by atoms with Crippen molar-refractivity contribution in [3.8, 4) is 63.0 Å². The summed E-state index contributed by atoms with van der Waals surface area (Å²) in [6.07, 6.45) is 3.68. The Kier molecular flexibility index (Phi) is 9.06. The van der Waals surface area contributed by atoms with Crippen molar-refractivity contribution in [1.29, 1.82) is 0 Å². The number of para-hydroxylation sites is 2. The Bertz CT molecular complexity index is 3600. The highest BCUT2D eigenvalue weighted by Gasteiger charge is 2.18. The third-order valence-corrected chi connectivity index (χ3v) is 11.2. The molecule has 0 bridgehead atoms. The van der Waals surface area contributed by atoms with Crippen molar-refractivity contribution >= 4 is 43.6 Å². The van der Waals surface area contributed by atoms with E-state index < -0.39 is 0 Å². The lowest BCUT2D eigenvalue weighted by atomic mass is 10.1. The number of nitrogens with zero attached hydrogens (tertiary/aromatic N) is 6. The van der Waals surface area contributed by atoms with Gasteiger partial charge in [0.1, 0.15) is 40.3 Å².